The second kappa shape index (κ2) is 7.38. The fourth-order valence-electron chi connectivity index (χ4n) is 2.66. The third-order valence-electron chi connectivity index (χ3n) is 4.03. The van der Waals surface area contributed by atoms with E-state index < -0.39 is 0 Å². The molecule has 2 heterocycles. The molecule has 136 valence electrons. The molecule has 0 spiro atoms. The molecule has 0 aliphatic carbocycles. The quantitative estimate of drug-likeness (QED) is 0.723. The molecule has 1 N–H and O–H groups in total. The van der Waals surface area contributed by atoms with Crippen molar-refractivity contribution in [2.75, 3.05) is 12.4 Å². The van der Waals surface area contributed by atoms with Crippen LogP contribution in [0.15, 0.2) is 27.1 Å². The summed E-state index contributed by atoms with van der Waals surface area (Å²) in [4.78, 5) is 12.4. The average Bonchev–Trinajstić information content (AvgIpc) is 3.19. The van der Waals surface area contributed by atoms with E-state index in [9.17, 15) is 4.79 Å². The maximum Gasteiger partial charge on any atom is 0.247 e. The number of aryl methyl sites for hydroxylation is 3. The van der Waals surface area contributed by atoms with Crippen LogP contribution in [0.25, 0.3) is 11.5 Å². The van der Waals surface area contributed by atoms with Crippen LogP contribution < -0.4 is 10.1 Å². The molecule has 0 saturated heterocycles. The van der Waals surface area contributed by atoms with Crippen molar-refractivity contribution in [3.63, 3.8) is 0 Å². The molecule has 0 unspecified atom stereocenters. The second-order valence-electron chi connectivity index (χ2n) is 5.89. The average molecular weight is 356 g/mol. The van der Waals surface area contributed by atoms with Crippen LogP contribution in [0, 0.1) is 20.8 Å². The Bertz CT molecular complexity index is 910. The third-order valence-corrected chi connectivity index (χ3v) is 4.03. The molecule has 26 heavy (non-hydrogen) atoms. The van der Waals surface area contributed by atoms with Gasteiger partial charge < -0.3 is 19.0 Å². The van der Waals surface area contributed by atoms with Crippen molar-refractivity contribution in [2.45, 2.75) is 33.6 Å². The van der Waals surface area contributed by atoms with Crippen molar-refractivity contribution in [3.8, 4) is 17.2 Å². The molecule has 0 aliphatic rings. The standard InChI is InChI=1S/C18H20N4O4/c1-10-14(11(2)26-22-10)6-8-17(23)19-15-9-13(5-7-16(15)24-4)18-21-20-12(3)25-18/h5,7,9H,6,8H2,1-4H3,(H,19,23). The highest BCUT2D eigenvalue weighted by Gasteiger charge is 2.15. The number of anilines is 1. The van der Waals surface area contributed by atoms with Crippen LogP contribution >= 0.6 is 0 Å². The minimum Gasteiger partial charge on any atom is -0.495 e. The van der Waals surface area contributed by atoms with E-state index in [1.165, 1.54) is 0 Å². The molecule has 1 aromatic carbocycles. The first-order chi connectivity index (χ1) is 12.5. The summed E-state index contributed by atoms with van der Waals surface area (Å²) in [7, 11) is 1.55. The van der Waals surface area contributed by atoms with E-state index in [-0.39, 0.29) is 5.91 Å². The van der Waals surface area contributed by atoms with E-state index in [1.807, 2.05) is 13.8 Å². The first-order valence-electron chi connectivity index (χ1n) is 8.18. The fraction of sp³-hybridized carbons (Fsp3) is 0.333. The minimum atomic E-state index is -0.137. The van der Waals surface area contributed by atoms with Crippen molar-refractivity contribution in [1.82, 2.24) is 15.4 Å². The Morgan fingerprint density at radius 3 is 2.65 bits per heavy atom. The van der Waals surface area contributed by atoms with Crippen molar-refractivity contribution < 1.29 is 18.5 Å². The van der Waals surface area contributed by atoms with E-state index in [2.05, 4.69) is 20.7 Å². The number of amides is 1. The molecule has 0 bridgehead atoms. The smallest absolute Gasteiger partial charge is 0.247 e. The number of nitrogens with one attached hydrogen (secondary N) is 1. The van der Waals surface area contributed by atoms with Gasteiger partial charge in [0.15, 0.2) is 0 Å². The first-order valence-corrected chi connectivity index (χ1v) is 8.18. The summed E-state index contributed by atoms with van der Waals surface area (Å²) >= 11 is 0. The number of carbonyl (C=O) groups excluding carboxylic acids is 1. The SMILES string of the molecule is COc1ccc(-c2nnc(C)o2)cc1NC(=O)CCc1c(C)noc1C. The van der Waals surface area contributed by atoms with Crippen molar-refractivity contribution in [1.29, 1.82) is 0 Å². The van der Waals surface area contributed by atoms with Gasteiger partial charge in [-0.05, 0) is 38.5 Å². The Morgan fingerprint density at radius 2 is 2.04 bits per heavy atom. The molecule has 8 nitrogen and oxygen atoms in total. The van der Waals surface area contributed by atoms with Gasteiger partial charge in [0.05, 0.1) is 18.5 Å². The number of ether oxygens (including phenoxy) is 1. The lowest BCUT2D eigenvalue weighted by Crippen LogP contribution is -2.13. The molecule has 0 fully saturated rings. The molecule has 0 atom stereocenters. The number of hydrogen-bond acceptors (Lipinski definition) is 7. The summed E-state index contributed by atoms with van der Waals surface area (Å²) in [5, 5.41) is 14.6. The van der Waals surface area contributed by atoms with E-state index in [4.69, 9.17) is 13.7 Å². The predicted octanol–water partition coefficient (Wildman–Crippen LogP) is 3.23. The van der Waals surface area contributed by atoms with Crippen LogP contribution in [0.1, 0.15) is 29.3 Å². The largest absolute Gasteiger partial charge is 0.495 e. The fourth-order valence-corrected chi connectivity index (χ4v) is 2.66. The van der Waals surface area contributed by atoms with Crippen LogP contribution in [-0.2, 0) is 11.2 Å². The van der Waals surface area contributed by atoms with E-state index >= 15 is 0 Å². The number of nitrogens with zero attached hydrogens (tertiary/aromatic N) is 3. The van der Waals surface area contributed by atoms with Gasteiger partial charge in [-0.15, -0.1) is 10.2 Å². The summed E-state index contributed by atoms with van der Waals surface area (Å²) in [6, 6.07) is 5.30. The predicted molar refractivity (Wildman–Crippen MR) is 94.0 cm³/mol. The van der Waals surface area contributed by atoms with Gasteiger partial charge in [-0.3, -0.25) is 4.79 Å². The van der Waals surface area contributed by atoms with Gasteiger partial charge in [0, 0.05) is 24.5 Å². The Balaban J connectivity index is 1.74. The Hall–Kier alpha value is -3.16. The second-order valence-corrected chi connectivity index (χ2v) is 5.89. The Kier molecular flexibility index (Phi) is 5.01. The van der Waals surface area contributed by atoms with Gasteiger partial charge in [-0.1, -0.05) is 5.16 Å². The van der Waals surface area contributed by atoms with Crippen LogP contribution in [0.3, 0.4) is 0 Å². The van der Waals surface area contributed by atoms with E-state index in [0.717, 1.165) is 17.0 Å². The number of benzene rings is 1. The molecular weight excluding hydrogens is 336 g/mol. The first kappa shape index (κ1) is 17.7. The summed E-state index contributed by atoms with van der Waals surface area (Å²) in [5.74, 6) is 2.01. The molecule has 0 radical (unpaired) electrons. The molecule has 8 heteroatoms. The number of hydrogen-bond donors (Lipinski definition) is 1. The number of rotatable bonds is 6. The van der Waals surface area contributed by atoms with Crippen LogP contribution in [-0.4, -0.2) is 28.4 Å². The van der Waals surface area contributed by atoms with Crippen molar-refractivity contribution in [2.24, 2.45) is 0 Å². The topological polar surface area (TPSA) is 103 Å². The zero-order valence-corrected chi connectivity index (χ0v) is 15.1. The van der Waals surface area contributed by atoms with Crippen LogP contribution in [0.2, 0.25) is 0 Å². The van der Waals surface area contributed by atoms with Crippen LogP contribution in [0.4, 0.5) is 5.69 Å². The highest BCUT2D eigenvalue weighted by Crippen LogP contribution is 2.30. The maximum atomic E-state index is 12.4. The van der Waals surface area contributed by atoms with Gasteiger partial charge in [0.25, 0.3) is 0 Å². The van der Waals surface area contributed by atoms with Crippen molar-refractivity contribution in [3.05, 3.63) is 41.1 Å². The lowest BCUT2D eigenvalue weighted by atomic mass is 10.1. The Morgan fingerprint density at radius 1 is 1.23 bits per heavy atom. The summed E-state index contributed by atoms with van der Waals surface area (Å²) in [6.45, 7) is 5.42. The molecule has 0 aliphatic heterocycles. The van der Waals surface area contributed by atoms with E-state index in [0.29, 0.717) is 41.6 Å². The number of carbonyl (C=O) groups is 1. The summed E-state index contributed by atoms with van der Waals surface area (Å²) < 4.78 is 15.9. The van der Waals surface area contributed by atoms with Gasteiger partial charge in [-0.2, -0.15) is 0 Å². The molecule has 2 aromatic heterocycles. The monoisotopic (exact) mass is 356 g/mol. The minimum absolute atomic E-state index is 0.137. The van der Waals surface area contributed by atoms with Gasteiger partial charge in [0.2, 0.25) is 17.7 Å². The Labute approximate surface area is 150 Å². The zero-order chi connectivity index (χ0) is 18.7. The third kappa shape index (κ3) is 3.74. The normalized spacial score (nSPS) is 10.8. The zero-order valence-electron chi connectivity index (χ0n) is 15.1. The molecule has 1 amide bonds. The highest BCUT2D eigenvalue weighted by molar-refractivity contribution is 5.93. The highest BCUT2D eigenvalue weighted by atomic mass is 16.5. The summed E-state index contributed by atoms with van der Waals surface area (Å²) in [6.07, 6.45) is 0.855. The lowest BCUT2D eigenvalue weighted by Gasteiger charge is -2.11. The van der Waals surface area contributed by atoms with Gasteiger partial charge in [0.1, 0.15) is 11.5 Å². The number of methoxy groups -OCH3 is 1. The van der Waals surface area contributed by atoms with Crippen molar-refractivity contribution >= 4 is 11.6 Å². The van der Waals surface area contributed by atoms with E-state index in [1.54, 1.807) is 32.2 Å². The molecular formula is C18H20N4O4. The molecule has 3 rings (SSSR count). The van der Waals surface area contributed by atoms with Gasteiger partial charge >= 0.3 is 0 Å². The lowest BCUT2D eigenvalue weighted by molar-refractivity contribution is -0.116. The van der Waals surface area contributed by atoms with Gasteiger partial charge in [-0.25, -0.2) is 0 Å². The maximum absolute atomic E-state index is 12.4. The summed E-state index contributed by atoms with van der Waals surface area (Å²) in [5.41, 5.74) is 3.01. The molecule has 0 saturated carbocycles. The molecule has 3 aromatic rings. The number of aromatic nitrogens is 3. The van der Waals surface area contributed by atoms with Crippen LogP contribution in [0.5, 0.6) is 5.75 Å².